The van der Waals surface area contributed by atoms with Crippen LogP contribution in [-0.4, -0.2) is 22.1 Å². The first-order valence-corrected chi connectivity index (χ1v) is 6.41. The maximum atomic E-state index is 11.5. The highest BCUT2D eigenvalue weighted by Crippen LogP contribution is 2.12. The van der Waals surface area contributed by atoms with Crippen molar-refractivity contribution in [2.24, 2.45) is 0 Å². The number of aromatic nitrogens is 2. The Hall–Kier alpha value is -1.62. The number of hydrogen-bond donors (Lipinski definition) is 0. The molecule has 0 N–H and O–H groups in total. The number of carbonyl (C=O) groups excluding carboxylic acids is 1. The molecule has 0 bridgehead atoms. The topological polar surface area (TPSA) is 44.1 Å². The number of carbonyl (C=O) groups is 1. The van der Waals surface area contributed by atoms with E-state index in [0.29, 0.717) is 18.8 Å². The quantitative estimate of drug-likeness (QED) is 0.816. The highest BCUT2D eigenvalue weighted by molar-refractivity contribution is 9.10. The Kier molecular flexibility index (Phi) is 4.15. The van der Waals surface area contributed by atoms with Gasteiger partial charge in [-0.05, 0) is 24.6 Å². The van der Waals surface area contributed by atoms with Crippen LogP contribution in [0.3, 0.4) is 0 Å². The number of rotatable bonds is 4. The minimum atomic E-state index is -0.382. The summed E-state index contributed by atoms with van der Waals surface area (Å²) in [5, 5.41) is 0. The SMILES string of the molecule is CCOC(=O)c1cn(Cc2ccc(Br)cc2)cn1. The van der Waals surface area contributed by atoms with E-state index in [-0.39, 0.29) is 5.97 Å². The van der Waals surface area contributed by atoms with Crippen LogP contribution in [0.15, 0.2) is 41.3 Å². The average molecular weight is 309 g/mol. The first-order valence-electron chi connectivity index (χ1n) is 5.62. The van der Waals surface area contributed by atoms with Crippen LogP contribution in [0, 0.1) is 0 Å². The zero-order chi connectivity index (χ0) is 13.0. The molecule has 0 atom stereocenters. The molecule has 4 nitrogen and oxygen atoms in total. The molecule has 1 heterocycles. The number of imidazole rings is 1. The maximum Gasteiger partial charge on any atom is 0.358 e. The van der Waals surface area contributed by atoms with Gasteiger partial charge in [0.05, 0.1) is 12.9 Å². The van der Waals surface area contributed by atoms with Gasteiger partial charge in [0.2, 0.25) is 0 Å². The van der Waals surface area contributed by atoms with E-state index in [1.54, 1.807) is 19.4 Å². The van der Waals surface area contributed by atoms with E-state index in [0.717, 1.165) is 10.0 Å². The molecule has 0 saturated carbocycles. The van der Waals surface area contributed by atoms with Gasteiger partial charge in [0, 0.05) is 17.2 Å². The second-order valence-corrected chi connectivity index (χ2v) is 4.69. The fourth-order valence-corrected chi connectivity index (χ4v) is 1.82. The van der Waals surface area contributed by atoms with Crippen molar-refractivity contribution in [1.82, 2.24) is 9.55 Å². The third-order valence-electron chi connectivity index (χ3n) is 2.40. The van der Waals surface area contributed by atoms with Crippen molar-refractivity contribution >= 4 is 21.9 Å². The van der Waals surface area contributed by atoms with Crippen LogP contribution in [-0.2, 0) is 11.3 Å². The summed E-state index contributed by atoms with van der Waals surface area (Å²) in [5.41, 5.74) is 1.49. The zero-order valence-electron chi connectivity index (χ0n) is 9.97. The Morgan fingerprint density at radius 2 is 2.11 bits per heavy atom. The molecule has 0 aliphatic heterocycles. The van der Waals surface area contributed by atoms with Crippen LogP contribution in [0.5, 0.6) is 0 Å². The van der Waals surface area contributed by atoms with E-state index in [1.807, 2.05) is 28.8 Å². The number of nitrogens with zero attached hydrogens (tertiary/aromatic N) is 2. The Morgan fingerprint density at radius 1 is 1.39 bits per heavy atom. The molecule has 0 saturated heterocycles. The molecule has 1 aromatic heterocycles. The highest BCUT2D eigenvalue weighted by atomic mass is 79.9. The van der Waals surface area contributed by atoms with Crippen molar-refractivity contribution in [2.45, 2.75) is 13.5 Å². The van der Waals surface area contributed by atoms with Gasteiger partial charge in [-0.25, -0.2) is 9.78 Å². The van der Waals surface area contributed by atoms with E-state index in [9.17, 15) is 4.79 Å². The summed E-state index contributed by atoms with van der Waals surface area (Å²) in [6.07, 6.45) is 3.33. The van der Waals surface area contributed by atoms with Crippen molar-refractivity contribution in [2.75, 3.05) is 6.61 Å². The largest absolute Gasteiger partial charge is 0.461 e. The third kappa shape index (κ3) is 3.20. The molecule has 0 radical (unpaired) electrons. The smallest absolute Gasteiger partial charge is 0.358 e. The minimum absolute atomic E-state index is 0.342. The van der Waals surface area contributed by atoms with Gasteiger partial charge in [0.1, 0.15) is 0 Å². The second kappa shape index (κ2) is 5.82. The van der Waals surface area contributed by atoms with E-state index in [1.165, 1.54) is 0 Å². The summed E-state index contributed by atoms with van der Waals surface area (Å²) in [6.45, 7) is 2.81. The van der Waals surface area contributed by atoms with Gasteiger partial charge in [-0.1, -0.05) is 28.1 Å². The zero-order valence-corrected chi connectivity index (χ0v) is 11.6. The maximum absolute atomic E-state index is 11.5. The summed E-state index contributed by atoms with van der Waals surface area (Å²) in [6, 6.07) is 8.01. The third-order valence-corrected chi connectivity index (χ3v) is 2.92. The van der Waals surface area contributed by atoms with Gasteiger partial charge in [0.15, 0.2) is 5.69 Å². The van der Waals surface area contributed by atoms with Gasteiger partial charge in [-0.2, -0.15) is 0 Å². The van der Waals surface area contributed by atoms with Gasteiger partial charge in [0.25, 0.3) is 0 Å². The molecular weight excluding hydrogens is 296 g/mol. The monoisotopic (exact) mass is 308 g/mol. The number of hydrogen-bond acceptors (Lipinski definition) is 3. The first kappa shape index (κ1) is 12.8. The number of ether oxygens (including phenoxy) is 1. The molecule has 0 amide bonds. The summed E-state index contributed by atoms with van der Waals surface area (Å²) in [5.74, 6) is -0.382. The summed E-state index contributed by atoms with van der Waals surface area (Å²) >= 11 is 3.39. The molecule has 2 rings (SSSR count). The van der Waals surface area contributed by atoms with Crippen molar-refractivity contribution in [1.29, 1.82) is 0 Å². The normalized spacial score (nSPS) is 10.3. The summed E-state index contributed by atoms with van der Waals surface area (Å²) in [7, 11) is 0. The molecule has 0 aliphatic rings. The predicted octanol–water partition coefficient (Wildman–Crippen LogP) is 2.87. The summed E-state index contributed by atoms with van der Waals surface area (Å²) in [4.78, 5) is 15.5. The van der Waals surface area contributed by atoms with Crippen LogP contribution in [0.25, 0.3) is 0 Å². The molecule has 0 spiro atoms. The molecule has 0 fully saturated rings. The van der Waals surface area contributed by atoms with Crippen LogP contribution in [0.2, 0.25) is 0 Å². The average Bonchev–Trinajstić information content (AvgIpc) is 2.81. The van der Waals surface area contributed by atoms with Crippen molar-refractivity contribution in [3.8, 4) is 0 Å². The second-order valence-electron chi connectivity index (χ2n) is 3.78. The Balaban J connectivity index is 2.06. The molecule has 2 aromatic rings. The van der Waals surface area contributed by atoms with Gasteiger partial charge < -0.3 is 9.30 Å². The molecule has 0 unspecified atom stereocenters. The lowest BCUT2D eigenvalue weighted by atomic mass is 10.2. The first-order chi connectivity index (χ1) is 8.69. The van der Waals surface area contributed by atoms with Crippen molar-refractivity contribution < 1.29 is 9.53 Å². The standard InChI is InChI=1S/C13H13BrN2O2/c1-2-18-13(17)12-8-16(9-15-12)7-10-3-5-11(14)6-4-10/h3-6,8-9H,2,7H2,1H3. The number of halogens is 1. The van der Waals surface area contributed by atoms with E-state index in [4.69, 9.17) is 4.74 Å². The Bertz CT molecular complexity index is 534. The van der Waals surface area contributed by atoms with Crippen LogP contribution < -0.4 is 0 Å². The molecule has 1 aromatic carbocycles. The van der Waals surface area contributed by atoms with Crippen molar-refractivity contribution in [3.63, 3.8) is 0 Å². The lowest BCUT2D eigenvalue weighted by Crippen LogP contribution is -2.05. The Morgan fingerprint density at radius 3 is 2.78 bits per heavy atom. The fraction of sp³-hybridized carbons (Fsp3) is 0.231. The Labute approximate surface area is 114 Å². The number of esters is 1. The molecule has 5 heteroatoms. The van der Waals surface area contributed by atoms with Crippen LogP contribution >= 0.6 is 15.9 Å². The van der Waals surface area contributed by atoms with Gasteiger partial charge in [-0.3, -0.25) is 0 Å². The number of benzene rings is 1. The van der Waals surface area contributed by atoms with Crippen molar-refractivity contribution in [3.05, 3.63) is 52.5 Å². The molecule has 0 aliphatic carbocycles. The molecule has 94 valence electrons. The lowest BCUT2D eigenvalue weighted by Gasteiger charge is -2.02. The predicted molar refractivity (Wildman–Crippen MR) is 71.4 cm³/mol. The van der Waals surface area contributed by atoms with Crippen LogP contribution in [0.4, 0.5) is 0 Å². The fourth-order valence-electron chi connectivity index (χ4n) is 1.56. The van der Waals surface area contributed by atoms with E-state index < -0.39 is 0 Å². The lowest BCUT2D eigenvalue weighted by molar-refractivity contribution is 0.0520. The molecule has 18 heavy (non-hydrogen) atoms. The van der Waals surface area contributed by atoms with Crippen LogP contribution in [0.1, 0.15) is 23.0 Å². The van der Waals surface area contributed by atoms with Gasteiger partial charge in [-0.15, -0.1) is 0 Å². The molecular formula is C13H13BrN2O2. The minimum Gasteiger partial charge on any atom is -0.461 e. The van der Waals surface area contributed by atoms with E-state index in [2.05, 4.69) is 20.9 Å². The summed E-state index contributed by atoms with van der Waals surface area (Å²) < 4.78 is 7.79. The van der Waals surface area contributed by atoms with E-state index >= 15 is 0 Å². The van der Waals surface area contributed by atoms with Gasteiger partial charge >= 0.3 is 5.97 Å². The highest BCUT2D eigenvalue weighted by Gasteiger charge is 2.09.